The van der Waals surface area contributed by atoms with Gasteiger partial charge in [0.15, 0.2) is 0 Å². The van der Waals surface area contributed by atoms with Crippen molar-refractivity contribution in [2.24, 2.45) is 0 Å². The van der Waals surface area contributed by atoms with Crippen molar-refractivity contribution in [1.82, 2.24) is 0 Å². The van der Waals surface area contributed by atoms with Crippen LogP contribution < -0.4 is 5.32 Å². The van der Waals surface area contributed by atoms with E-state index in [0.717, 1.165) is 5.92 Å². The number of benzene rings is 2. The fourth-order valence-electron chi connectivity index (χ4n) is 3.23. The normalized spacial score (nSPS) is 16.6. The highest BCUT2D eigenvalue weighted by Crippen LogP contribution is 2.36. The van der Waals surface area contributed by atoms with Crippen LogP contribution in [-0.2, 0) is 0 Å². The molecule has 0 amide bonds. The molecule has 1 saturated carbocycles. The van der Waals surface area contributed by atoms with Crippen LogP contribution in [0.5, 0.6) is 0 Å². The maximum absolute atomic E-state index is 3.59. The summed E-state index contributed by atoms with van der Waals surface area (Å²) in [7, 11) is 0. The van der Waals surface area contributed by atoms with E-state index >= 15 is 0 Å². The van der Waals surface area contributed by atoms with E-state index in [-0.39, 0.29) is 0 Å². The van der Waals surface area contributed by atoms with E-state index in [0.29, 0.717) is 0 Å². The first-order valence-corrected chi connectivity index (χ1v) is 7.84. The smallest absolute Gasteiger partial charge is 0.0419 e. The molecule has 0 aliphatic heterocycles. The van der Waals surface area contributed by atoms with Crippen molar-refractivity contribution >= 4 is 11.4 Å². The number of nitrogens with one attached hydrogen (secondary N) is 1. The van der Waals surface area contributed by atoms with E-state index in [4.69, 9.17) is 0 Å². The maximum Gasteiger partial charge on any atom is 0.0419 e. The van der Waals surface area contributed by atoms with Crippen LogP contribution in [0, 0.1) is 0 Å². The van der Waals surface area contributed by atoms with Gasteiger partial charge in [0.25, 0.3) is 0 Å². The van der Waals surface area contributed by atoms with E-state index < -0.39 is 0 Å². The minimum Gasteiger partial charge on any atom is -0.355 e. The highest BCUT2D eigenvalue weighted by molar-refractivity contribution is 5.63. The zero-order valence-corrected chi connectivity index (χ0v) is 12.0. The summed E-state index contributed by atoms with van der Waals surface area (Å²) in [4.78, 5) is 0. The third-order valence-electron chi connectivity index (χ3n) is 4.31. The molecule has 1 aliphatic rings. The number of para-hydroxylation sites is 2. The van der Waals surface area contributed by atoms with E-state index in [1.54, 1.807) is 0 Å². The van der Waals surface area contributed by atoms with Crippen molar-refractivity contribution < 1.29 is 0 Å². The Kier molecular flexibility index (Phi) is 4.37. The molecule has 1 fully saturated rings. The summed E-state index contributed by atoms with van der Waals surface area (Å²) in [5.74, 6) is 0.727. The lowest BCUT2D eigenvalue weighted by molar-refractivity contribution is 0.594. The molecule has 2 aromatic carbocycles. The largest absolute Gasteiger partial charge is 0.355 e. The summed E-state index contributed by atoms with van der Waals surface area (Å²) in [5.41, 5.74) is 3.96. The first-order valence-electron chi connectivity index (χ1n) is 7.84. The Morgan fingerprint density at radius 1 is 0.700 bits per heavy atom. The van der Waals surface area contributed by atoms with Crippen LogP contribution in [0.4, 0.5) is 11.4 Å². The van der Waals surface area contributed by atoms with Gasteiger partial charge in [-0.15, -0.1) is 0 Å². The average molecular weight is 265 g/mol. The van der Waals surface area contributed by atoms with Crippen molar-refractivity contribution in [1.29, 1.82) is 0 Å². The van der Waals surface area contributed by atoms with Crippen LogP contribution in [0.15, 0.2) is 54.6 Å². The Bertz CT molecular complexity index is 524. The molecule has 3 rings (SSSR count). The molecule has 0 atom stereocenters. The van der Waals surface area contributed by atoms with Crippen LogP contribution in [0.3, 0.4) is 0 Å². The Morgan fingerprint density at radius 2 is 1.35 bits per heavy atom. The van der Waals surface area contributed by atoms with Crippen molar-refractivity contribution in [2.45, 2.75) is 44.4 Å². The summed E-state index contributed by atoms with van der Waals surface area (Å²) in [6, 6.07) is 19.3. The molecule has 0 spiro atoms. The zero-order valence-electron chi connectivity index (χ0n) is 12.0. The number of hydrogen-bond acceptors (Lipinski definition) is 1. The lowest BCUT2D eigenvalue weighted by Gasteiger charge is -2.19. The van der Waals surface area contributed by atoms with Crippen molar-refractivity contribution in [2.75, 3.05) is 5.32 Å². The topological polar surface area (TPSA) is 12.0 Å². The van der Waals surface area contributed by atoms with E-state index in [1.165, 1.54) is 55.5 Å². The van der Waals surface area contributed by atoms with Crippen LogP contribution >= 0.6 is 0 Å². The Labute approximate surface area is 122 Å². The minimum absolute atomic E-state index is 0.727. The van der Waals surface area contributed by atoms with Gasteiger partial charge < -0.3 is 5.32 Å². The van der Waals surface area contributed by atoms with Gasteiger partial charge >= 0.3 is 0 Å². The summed E-state index contributed by atoms with van der Waals surface area (Å²) in [6.45, 7) is 0. The van der Waals surface area contributed by atoms with Gasteiger partial charge in [0, 0.05) is 11.4 Å². The van der Waals surface area contributed by atoms with Gasteiger partial charge in [0.2, 0.25) is 0 Å². The molecular weight excluding hydrogens is 242 g/mol. The molecule has 0 bridgehead atoms. The lowest BCUT2D eigenvalue weighted by atomic mass is 9.90. The second kappa shape index (κ2) is 6.60. The molecule has 0 unspecified atom stereocenters. The van der Waals surface area contributed by atoms with Gasteiger partial charge in [-0.25, -0.2) is 0 Å². The fourth-order valence-corrected chi connectivity index (χ4v) is 3.23. The van der Waals surface area contributed by atoms with Gasteiger partial charge in [0.1, 0.15) is 0 Å². The molecule has 1 nitrogen and oxygen atoms in total. The third kappa shape index (κ3) is 3.22. The minimum atomic E-state index is 0.727. The molecular formula is C19H23N. The maximum atomic E-state index is 3.59. The van der Waals surface area contributed by atoms with Gasteiger partial charge in [-0.3, -0.25) is 0 Å². The quantitative estimate of drug-likeness (QED) is 0.684. The number of anilines is 2. The molecule has 0 radical (unpaired) electrons. The van der Waals surface area contributed by atoms with E-state index in [9.17, 15) is 0 Å². The SMILES string of the molecule is c1ccc(Nc2ccccc2C2CCCCCC2)cc1. The summed E-state index contributed by atoms with van der Waals surface area (Å²) in [6.07, 6.45) is 8.26. The predicted molar refractivity (Wildman–Crippen MR) is 86.6 cm³/mol. The first-order chi connectivity index (χ1) is 9.93. The van der Waals surface area contributed by atoms with Gasteiger partial charge in [-0.2, -0.15) is 0 Å². The average Bonchev–Trinajstić information content (AvgIpc) is 2.78. The summed E-state index contributed by atoms with van der Waals surface area (Å²) < 4.78 is 0. The summed E-state index contributed by atoms with van der Waals surface area (Å²) in [5, 5.41) is 3.59. The Balaban J connectivity index is 1.84. The standard InChI is InChI=1S/C19H23N/c1-2-5-11-16(10-4-1)18-14-8-9-15-19(18)20-17-12-6-3-7-13-17/h3,6-9,12-16,20H,1-2,4-5,10-11H2. The van der Waals surface area contributed by atoms with E-state index in [1.807, 2.05) is 0 Å². The van der Waals surface area contributed by atoms with Crippen molar-refractivity contribution in [3.8, 4) is 0 Å². The second-order valence-electron chi connectivity index (χ2n) is 5.77. The second-order valence-corrected chi connectivity index (χ2v) is 5.77. The molecule has 2 aromatic rings. The van der Waals surface area contributed by atoms with Gasteiger partial charge in [-0.1, -0.05) is 62.1 Å². The molecule has 1 heteroatoms. The molecule has 1 aliphatic carbocycles. The van der Waals surface area contributed by atoms with Crippen molar-refractivity contribution in [3.63, 3.8) is 0 Å². The van der Waals surface area contributed by atoms with Crippen molar-refractivity contribution in [3.05, 3.63) is 60.2 Å². The van der Waals surface area contributed by atoms with Gasteiger partial charge in [-0.05, 0) is 42.5 Å². The molecule has 104 valence electrons. The monoisotopic (exact) mass is 265 g/mol. The summed E-state index contributed by atoms with van der Waals surface area (Å²) >= 11 is 0. The molecule has 0 aromatic heterocycles. The lowest BCUT2D eigenvalue weighted by Crippen LogP contribution is -2.02. The molecule has 20 heavy (non-hydrogen) atoms. The van der Waals surface area contributed by atoms with Crippen LogP contribution in [0.2, 0.25) is 0 Å². The third-order valence-corrected chi connectivity index (χ3v) is 4.31. The molecule has 0 heterocycles. The predicted octanol–water partition coefficient (Wildman–Crippen LogP) is 5.87. The van der Waals surface area contributed by atoms with Crippen LogP contribution in [0.25, 0.3) is 0 Å². The van der Waals surface area contributed by atoms with Crippen LogP contribution in [0.1, 0.15) is 50.0 Å². The highest BCUT2D eigenvalue weighted by atomic mass is 14.9. The van der Waals surface area contributed by atoms with Crippen LogP contribution in [-0.4, -0.2) is 0 Å². The highest BCUT2D eigenvalue weighted by Gasteiger charge is 2.17. The number of rotatable bonds is 3. The fraction of sp³-hybridized carbons (Fsp3) is 0.368. The Hall–Kier alpha value is -1.76. The Morgan fingerprint density at radius 3 is 2.10 bits per heavy atom. The van der Waals surface area contributed by atoms with Gasteiger partial charge in [0.05, 0.1) is 0 Å². The number of hydrogen-bond donors (Lipinski definition) is 1. The molecule has 0 saturated heterocycles. The first kappa shape index (κ1) is 13.2. The zero-order chi connectivity index (χ0) is 13.6. The molecule has 1 N–H and O–H groups in total. The van der Waals surface area contributed by atoms with E-state index in [2.05, 4.69) is 59.9 Å².